The number of nitrogens with zero attached hydrogens (tertiary/aromatic N) is 1. The molecule has 0 aliphatic carbocycles. The molecule has 0 amide bonds. The zero-order valence-corrected chi connectivity index (χ0v) is 9.67. The highest BCUT2D eigenvalue weighted by atomic mass is 32.2. The van der Waals surface area contributed by atoms with Crippen molar-refractivity contribution in [3.63, 3.8) is 0 Å². The molecule has 1 aliphatic rings. The molecule has 2 unspecified atom stereocenters. The summed E-state index contributed by atoms with van der Waals surface area (Å²) in [5, 5.41) is -1.34. The van der Waals surface area contributed by atoms with Gasteiger partial charge in [0.2, 0.25) is 0 Å². The van der Waals surface area contributed by atoms with Crippen LogP contribution in [0.5, 0.6) is 0 Å². The maximum atomic E-state index is 12.6. The molecular weight excluding hydrogens is 211 g/mol. The molecule has 1 rings (SSSR count). The van der Waals surface area contributed by atoms with Crippen LogP contribution in [0.25, 0.3) is 0 Å². The monoisotopic (exact) mass is 227 g/mol. The molecule has 0 aromatic rings. The van der Waals surface area contributed by atoms with Crippen molar-refractivity contribution in [3.05, 3.63) is 0 Å². The van der Waals surface area contributed by atoms with Gasteiger partial charge in [-0.25, -0.2) is 0 Å². The zero-order chi connectivity index (χ0) is 11.1. The Bertz CT molecular complexity index is 217. The SMILES string of the molecule is CC(C)C1(C)CN(C)C(C(F)(F)F)S1. The van der Waals surface area contributed by atoms with E-state index in [1.807, 2.05) is 20.8 Å². The second-order valence-corrected chi connectivity index (χ2v) is 6.01. The molecule has 5 heteroatoms. The third-order valence-corrected chi connectivity index (χ3v) is 4.84. The van der Waals surface area contributed by atoms with Crippen LogP contribution in [0, 0.1) is 5.92 Å². The first-order valence-corrected chi connectivity index (χ1v) is 5.49. The molecular formula is C9H16F3NS. The van der Waals surface area contributed by atoms with Gasteiger partial charge in [-0.15, -0.1) is 11.8 Å². The van der Waals surface area contributed by atoms with E-state index in [4.69, 9.17) is 0 Å². The predicted molar refractivity (Wildman–Crippen MR) is 53.3 cm³/mol. The lowest BCUT2D eigenvalue weighted by Crippen LogP contribution is -2.37. The normalized spacial score (nSPS) is 35.6. The highest BCUT2D eigenvalue weighted by Gasteiger charge is 2.53. The van der Waals surface area contributed by atoms with Crippen LogP contribution in [-0.4, -0.2) is 34.8 Å². The van der Waals surface area contributed by atoms with Gasteiger partial charge >= 0.3 is 6.18 Å². The summed E-state index contributed by atoms with van der Waals surface area (Å²) in [6.45, 7) is 6.35. The van der Waals surface area contributed by atoms with Crippen LogP contribution in [0.2, 0.25) is 0 Å². The van der Waals surface area contributed by atoms with Crippen molar-refractivity contribution < 1.29 is 13.2 Å². The Hall–Kier alpha value is 0.100. The molecule has 1 saturated heterocycles. The molecule has 0 aromatic carbocycles. The quantitative estimate of drug-likeness (QED) is 0.677. The van der Waals surface area contributed by atoms with E-state index >= 15 is 0 Å². The van der Waals surface area contributed by atoms with Crippen LogP contribution >= 0.6 is 11.8 Å². The number of rotatable bonds is 1. The Balaban J connectivity index is 2.79. The molecule has 1 fully saturated rings. The smallest absolute Gasteiger partial charge is 0.286 e. The van der Waals surface area contributed by atoms with Crippen LogP contribution in [0.4, 0.5) is 13.2 Å². The summed E-state index contributed by atoms with van der Waals surface area (Å²) >= 11 is 1.04. The minimum atomic E-state index is -4.12. The summed E-state index contributed by atoms with van der Waals surface area (Å²) in [5.74, 6) is 0.252. The van der Waals surface area contributed by atoms with Crippen molar-refractivity contribution in [1.29, 1.82) is 0 Å². The Morgan fingerprint density at radius 2 is 1.93 bits per heavy atom. The van der Waals surface area contributed by atoms with E-state index in [0.717, 1.165) is 11.8 Å². The molecule has 2 atom stereocenters. The maximum absolute atomic E-state index is 12.6. The Morgan fingerprint density at radius 3 is 2.14 bits per heavy atom. The fraction of sp³-hybridized carbons (Fsp3) is 1.00. The van der Waals surface area contributed by atoms with Crippen LogP contribution in [-0.2, 0) is 0 Å². The third kappa shape index (κ3) is 2.19. The van der Waals surface area contributed by atoms with Crippen molar-refractivity contribution >= 4 is 11.8 Å². The molecule has 1 aliphatic heterocycles. The number of alkyl halides is 3. The van der Waals surface area contributed by atoms with Crippen LogP contribution in [0.3, 0.4) is 0 Å². The van der Waals surface area contributed by atoms with Crippen LogP contribution in [0.1, 0.15) is 20.8 Å². The molecule has 0 radical (unpaired) electrons. The van der Waals surface area contributed by atoms with Crippen molar-refractivity contribution in [2.75, 3.05) is 13.6 Å². The Labute approximate surface area is 87.0 Å². The Morgan fingerprint density at radius 1 is 1.43 bits per heavy atom. The van der Waals surface area contributed by atoms with E-state index in [-0.39, 0.29) is 10.7 Å². The standard InChI is InChI=1S/C9H16F3NS/c1-6(2)8(3)5-13(4)7(14-8)9(10,11)12/h6-7H,5H2,1-4H3. The first kappa shape index (κ1) is 12.2. The fourth-order valence-electron chi connectivity index (χ4n) is 1.60. The second kappa shape index (κ2) is 3.59. The minimum Gasteiger partial charge on any atom is -0.286 e. The van der Waals surface area contributed by atoms with Crippen LogP contribution in [0.15, 0.2) is 0 Å². The molecule has 0 saturated carbocycles. The molecule has 14 heavy (non-hydrogen) atoms. The van der Waals surface area contributed by atoms with E-state index < -0.39 is 11.6 Å². The van der Waals surface area contributed by atoms with Crippen molar-refractivity contribution in [3.8, 4) is 0 Å². The third-order valence-electron chi connectivity index (χ3n) is 2.85. The van der Waals surface area contributed by atoms with E-state index in [0.29, 0.717) is 6.54 Å². The van der Waals surface area contributed by atoms with Crippen molar-refractivity contribution in [1.82, 2.24) is 4.90 Å². The molecule has 0 aromatic heterocycles. The summed E-state index contributed by atoms with van der Waals surface area (Å²) < 4.78 is 37.4. The van der Waals surface area contributed by atoms with Gasteiger partial charge in [0, 0.05) is 11.3 Å². The van der Waals surface area contributed by atoms with Crippen molar-refractivity contribution in [2.45, 2.75) is 37.1 Å². The maximum Gasteiger partial charge on any atom is 0.413 e. The number of hydrogen-bond donors (Lipinski definition) is 0. The van der Waals surface area contributed by atoms with Crippen LogP contribution < -0.4 is 0 Å². The van der Waals surface area contributed by atoms with E-state index in [9.17, 15) is 13.2 Å². The average molecular weight is 227 g/mol. The van der Waals surface area contributed by atoms with Gasteiger partial charge in [0.25, 0.3) is 0 Å². The van der Waals surface area contributed by atoms with Gasteiger partial charge in [0.15, 0.2) is 5.37 Å². The molecule has 0 bridgehead atoms. The molecule has 0 spiro atoms. The lowest BCUT2D eigenvalue weighted by Gasteiger charge is -2.27. The molecule has 1 heterocycles. The first-order chi connectivity index (χ1) is 6.17. The lowest BCUT2D eigenvalue weighted by atomic mass is 9.97. The minimum absolute atomic E-state index is 0.252. The first-order valence-electron chi connectivity index (χ1n) is 4.61. The van der Waals surface area contributed by atoms with E-state index in [2.05, 4.69) is 0 Å². The summed E-state index contributed by atoms with van der Waals surface area (Å²) in [6.07, 6.45) is -4.12. The highest BCUT2D eigenvalue weighted by molar-refractivity contribution is 8.01. The average Bonchev–Trinajstić information content (AvgIpc) is 2.26. The highest BCUT2D eigenvalue weighted by Crippen LogP contribution is 2.48. The number of hydrogen-bond acceptors (Lipinski definition) is 2. The van der Waals surface area contributed by atoms with Gasteiger partial charge in [0.05, 0.1) is 0 Å². The largest absolute Gasteiger partial charge is 0.413 e. The number of halogens is 3. The summed E-state index contributed by atoms with van der Waals surface area (Å²) in [5.41, 5.74) is 0. The summed E-state index contributed by atoms with van der Waals surface area (Å²) in [6, 6.07) is 0. The topological polar surface area (TPSA) is 3.24 Å². The Kier molecular flexibility index (Phi) is 3.12. The van der Waals surface area contributed by atoms with E-state index in [1.165, 1.54) is 4.90 Å². The van der Waals surface area contributed by atoms with Gasteiger partial charge in [-0.1, -0.05) is 13.8 Å². The number of thioether (sulfide) groups is 1. The van der Waals surface area contributed by atoms with Gasteiger partial charge in [0.1, 0.15) is 0 Å². The molecule has 0 N–H and O–H groups in total. The van der Waals surface area contributed by atoms with E-state index in [1.54, 1.807) is 7.05 Å². The predicted octanol–water partition coefficient (Wildman–Crippen LogP) is 2.97. The van der Waals surface area contributed by atoms with Gasteiger partial charge in [-0.2, -0.15) is 13.2 Å². The summed E-state index contributed by atoms with van der Waals surface area (Å²) in [7, 11) is 1.54. The van der Waals surface area contributed by atoms with Gasteiger partial charge in [-0.3, -0.25) is 4.90 Å². The summed E-state index contributed by atoms with van der Waals surface area (Å²) in [4.78, 5) is 1.39. The zero-order valence-electron chi connectivity index (χ0n) is 8.85. The fourth-order valence-corrected chi connectivity index (χ4v) is 3.04. The lowest BCUT2D eigenvalue weighted by molar-refractivity contribution is -0.152. The second-order valence-electron chi connectivity index (χ2n) is 4.39. The van der Waals surface area contributed by atoms with Gasteiger partial charge < -0.3 is 0 Å². The van der Waals surface area contributed by atoms with Crippen molar-refractivity contribution in [2.24, 2.45) is 5.92 Å². The van der Waals surface area contributed by atoms with Gasteiger partial charge in [-0.05, 0) is 19.9 Å². The molecule has 84 valence electrons. The molecule has 1 nitrogen and oxygen atoms in total.